The molecule has 0 saturated carbocycles. The summed E-state index contributed by atoms with van der Waals surface area (Å²) in [5, 5.41) is 0. The summed E-state index contributed by atoms with van der Waals surface area (Å²) in [6, 6.07) is 10.2. The molecule has 0 aliphatic heterocycles. The van der Waals surface area contributed by atoms with Gasteiger partial charge in [-0.25, -0.2) is 0 Å². The van der Waals surface area contributed by atoms with Gasteiger partial charge in [-0.1, -0.05) is 24.1 Å². The molecule has 0 unspecified atom stereocenters. The minimum atomic E-state index is 0.792. The van der Waals surface area contributed by atoms with E-state index in [1.807, 2.05) is 32.2 Å². The molecule has 0 fully saturated rings. The lowest BCUT2D eigenvalue weighted by molar-refractivity contribution is 1.05. The Morgan fingerprint density at radius 1 is 1.25 bits per heavy atom. The predicted molar refractivity (Wildman–Crippen MR) is 53.2 cm³/mol. The first kappa shape index (κ1) is 8.67. The zero-order valence-electron chi connectivity index (χ0n) is 7.54. The molecule has 0 atom stereocenters. The van der Waals surface area contributed by atoms with Crippen LogP contribution in [0.5, 0.6) is 0 Å². The Labute approximate surface area is 74.0 Å². The standard InChI is InChI=1S/C11H13N/c1-3-4-10-12(2)11-8-6-5-7-9-11/h5-9H,10H2,1-2H3. The van der Waals surface area contributed by atoms with Crippen molar-refractivity contribution in [3.05, 3.63) is 30.3 Å². The van der Waals surface area contributed by atoms with Crippen molar-refractivity contribution in [3.63, 3.8) is 0 Å². The maximum atomic E-state index is 3.02. The Bertz CT molecular complexity index is 279. The molecule has 1 rings (SSSR count). The van der Waals surface area contributed by atoms with Crippen molar-refractivity contribution in [3.8, 4) is 11.8 Å². The lowest BCUT2D eigenvalue weighted by Crippen LogP contribution is -2.16. The summed E-state index contributed by atoms with van der Waals surface area (Å²) in [5.74, 6) is 5.90. The van der Waals surface area contributed by atoms with E-state index in [9.17, 15) is 0 Å². The normalized spacial score (nSPS) is 8.50. The molecule has 0 aliphatic rings. The van der Waals surface area contributed by atoms with E-state index in [0.29, 0.717) is 0 Å². The monoisotopic (exact) mass is 159 g/mol. The van der Waals surface area contributed by atoms with Gasteiger partial charge in [-0.15, -0.1) is 5.92 Å². The van der Waals surface area contributed by atoms with Crippen LogP contribution in [0.25, 0.3) is 0 Å². The Morgan fingerprint density at radius 2 is 1.92 bits per heavy atom. The van der Waals surface area contributed by atoms with E-state index >= 15 is 0 Å². The largest absolute Gasteiger partial charge is 0.363 e. The van der Waals surface area contributed by atoms with Crippen LogP contribution in [0.15, 0.2) is 30.3 Å². The molecular formula is C11H13N. The van der Waals surface area contributed by atoms with Crippen molar-refractivity contribution >= 4 is 5.69 Å². The predicted octanol–water partition coefficient (Wildman–Crippen LogP) is 2.15. The highest BCUT2D eigenvalue weighted by molar-refractivity contribution is 5.46. The van der Waals surface area contributed by atoms with Gasteiger partial charge in [-0.3, -0.25) is 0 Å². The Balaban J connectivity index is 2.63. The number of anilines is 1. The van der Waals surface area contributed by atoms with Crippen LogP contribution in [-0.2, 0) is 0 Å². The molecule has 0 N–H and O–H groups in total. The number of rotatable bonds is 2. The first-order chi connectivity index (χ1) is 5.84. The van der Waals surface area contributed by atoms with Crippen molar-refractivity contribution < 1.29 is 0 Å². The van der Waals surface area contributed by atoms with Crippen molar-refractivity contribution in [1.29, 1.82) is 0 Å². The van der Waals surface area contributed by atoms with Gasteiger partial charge in [0.05, 0.1) is 6.54 Å². The molecule has 1 aromatic carbocycles. The molecule has 0 spiro atoms. The first-order valence-corrected chi connectivity index (χ1v) is 4.00. The van der Waals surface area contributed by atoms with Crippen LogP contribution in [0, 0.1) is 11.8 Å². The minimum Gasteiger partial charge on any atom is -0.363 e. The molecule has 0 aliphatic carbocycles. The summed E-state index contributed by atoms with van der Waals surface area (Å²) in [4.78, 5) is 2.12. The molecule has 0 saturated heterocycles. The second-order valence-electron chi connectivity index (χ2n) is 2.62. The van der Waals surface area contributed by atoms with E-state index in [1.54, 1.807) is 0 Å². The second kappa shape index (κ2) is 4.46. The van der Waals surface area contributed by atoms with E-state index in [0.717, 1.165) is 6.54 Å². The van der Waals surface area contributed by atoms with Crippen molar-refractivity contribution in [1.82, 2.24) is 0 Å². The summed E-state index contributed by atoms with van der Waals surface area (Å²) in [5.41, 5.74) is 1.21. The highest BCUT2D eigenvalue weighted by atomic mass is 15.1. The van der Waals surface area contributed by atoms with Gasteiger partial charge in [0, 0.05) is 12.7 Å². The van der Waals surface area contributed by atoms with Crippen LogP contribution < -0.4 is 4.90 Å². The maximum absolute atomic E-state index is 3.02. The van der Waals surface area contributed by atoms with Crippen LogP contribution in [-0.4, -0.2) is 13.6 Å². The maximum Gasteiger partial charge on any atom is 0.0791 e. The lowest BCUT2D eigenvalue weighted by atomic mass is 10.3. The minimum absolute atomic E-state index is 0.792. The molecule has 1 aromatic rings. The van der Waals surface area contributed by atoms with Gasteiger partial charge in [-0.05, 0) is 19.1 Å². The Kier molecular flexibility index (Phi) is 3.22. The molecule has 62 valence electrons. The average Bonchev–Trinajstić information content (AvgIpc) is 2.15. The summed E-state index contributed by atoms with van der Waals surface area (Å²) in [6.07, 6.45) is 0. The summed E-state index contributed by atoms with van der Waals surface area (Å²) in [6.45, 7) is 2.65. The summed E-state index contributed by atoms with van der Waals surface area (Å²) >= 11 is 0. The van der Waals surface area contributed by atoms with Gasteiger partial charge in [0.15, 0.2) is 0 Å². The molecule has 1 nitrogen and oxygen atoms in total. The molecule has 0 bridgehead atoms. The first-order valence-electron chi connectivity index (χ1n) is 4.00. The smallest absolute Gasteiger partial charge is 0.0791 e. The number of hydrogen-bond acceptors (Lipinski definition) is 1. The third-order valence-corrected chi connectivity index (χ3v) is 1.69. The lowest BCUT2D eigenvalue weighted by Gasteiger charge is -2.15. The molecule has 0 heterocycles. The van der Waals surface area contributed by atoms with Crippen LogP contribution >= 0.6 is 0 Å². The molecular weight excluding hydrogens is 146 g/mol. The van der Waals surface area contributed by atoms with E-state index in [4.69, 9.17) is 0 Å². The van der Waals surface area contributed by atoms with E-state index in [2.05, 4.69) is 28.9 Å². The molecule has 0 amide bonds. The fraction of sp³-hybridized carbons (Fsp3) is 0.273. The fourth-order valence-corrected chi connectivity index (χ4v) is 0.971. The number of benzene rings is 1. The third kappa shape index (κ3) is 2.32. The highest BCUT2D eigenvalue weighted by Crippen LogP contribution is 2.09. The van der Waals surface area contributed by atoms with Gasteiger partial charge in [0.1, 0.15) is 0 Å². The van der Waals surface area contributed by atoms with Crippen molar-refractivity contribution in [2.24, 2.45) is 0 Å². The van der Waals surface area contributed by atoms with Crippen LogP contribution in [0.2, 0.25) is 0 Å². The van der Waals surface area contributed by atoms with Gasteiger partial charge < -0.3 is 4.90 Å². The molecule has 1 heteroatoms. The number of hydrogen-bond donors (Lipinski definition) is 0. The van der Waals surface area contributed by atoms with Crippen molar-refractivity contribution in [2.75, 3.05) is 18.5 Å². The molecule has 0 radical (unpaired) electrons. The van der Waals surface area contributed by atoms with Crippen LogP contribution in [0.4, 0.5) is 5.69 Å². The summed E-state index contributed by atoms with van der Waals surface area (Å²) < 4.78 is 0. The topological polar surface area (TPSA) is 3.24 Å². The quantitative estimate of drug-likeness (QED) is 0.598. The van der Waals surface area contributed by atoms with Gasteiger partial charge in [0.25, 0.3) is 0 Å². The fourth-order valence-electron chi connectivity index (χ4n) is 0.971. The summed E-state index contributed by atoms with van der Waals surface area (Å²) in [7, 11) is 2.04. The SMILES string of the molecule is CC#CCN(C)c1ccccc1. The Hall–Kier alpha value is -1.42. The zero-order valence-corrected chi connectivity index (χ0v) is 7.54. The third-order valence-electron chi connectivity index (χ3n) is 1.69. The van der Waals surface area contributed by atoms with E-state index in [1.165, 1.54) is 5.69 Å². The van der Waals surface area contributed by atoms with Crippen LogP contribution in [0.1, 0.15) is 6.92 Å². The number of nitrogens with zero attached hydrogens (tertiary/aromatic N) is 1. The average molecular weight is 159 g/mol. The highest BCUT2D eigenvalue weighted by Gasteiger charge is 1.94. The molecule has 12 heavy (non-hydrogen) atoms. The second-order valence-corrected chi connectivity index (χ2v) is 2.62. The van der Waals surface area contributed by atoms with E-state index < -0.39 is 0 Å². The van der Waals surface area contributed by atoms with Gasteiger partial charge in [0.2, 0.25) is 0 Å². The van der Waals surface area contributed by atoms with Gasteiger partial charge >= 0.3 is 0 Å². The van der Waals surface area contributed by atoms with Crippen molar-refractivity contribution in [2.45, 2.75) is 6.92 Å². The Morgan fingerprint density at radius 3 is 2.50 bits per heavy atom. The number of para-hydroxylation sites is 1. The van der Waals surface area contributed by atoms with Gasteiger partial charge in [-0.2, -0.15) is 0 Å². The van der Waals surface area contributed by atoms with E-state index in [-0.39, 0.29) is 0 Å². The van der Waals surface area contributed by atoms with Crippen LogP contribution in [0.3, 0.4) is 0 Å². The zero-order chi connectivity index (χ0) is 8.81. The molecule has 0 aromatic heterocycles.